The zero-order valence-corrected chi connectivity index (χ0v) is 21.9. The Labute approximate surface area is 213 Å². The summed E-state index contributed by atoms with van der Waals surface area (Å²) in [5, 5.41) is 2.69. The molecule has 9 nitrogen and oxygen atoms in total. The number of alkyl halides is 3. The smallest absolute Gasteiger partial charge is 0.416 e. The average molecular weight is 546 g/mol. The zero-order valence-electron chi connectivity index (χ0n) is 21.1. The number of hydrogen-bond acceptors (Lipinski definition) is 7. The van der Waals surface area contributed by atoms with Crippen LogP contribution in [0.25, 0.3) is 0 Å². The van der Waals surface area contributed by atoms with Crippen LogP contribution in [-0.2, 0) is 21.0 Å². The lowest BCUT2D eigenvalue weighted by Crippen LogP contribution is -2.54. The number of ether oxygens (including phenoxy) is 3. The summed E-state index contributed by atoms with van der Waals surface area (Å²) >= 11 is 0. The third-order valence-electron chi connectivity index (χ3n) is 6.04. The molecule has 1 aliphatic rings. The fourth-order valence-electron chi connectivity index (χ4n) is 4.04. The Morgan fingerprint density at radius 2 is 1.68 bits per heavy atom. The summed E-state index contributed by atoms with van der Waals surface area (Å²) in [6.45, 7) is 4.12. The highest BCUT2D eigenvalue weighted by Gasteiger charge is 2.38. The summed E-state index contributed by atoms with van der Waals surface area (Å²) in [7, 11) is -0.209. The topological polar surface area (TPSA) is 106 Å². The molecule has 2 aromatic rings. The molecule has 1 heterocycles. The molecule has 0 radical (unpaired) electrons. The van der Waals surface area contributed by atoms with Crippen molar-refractivity contribution in [3.63, 3.8) is 0 Å². The molecule has 13 heteroatoms. The number of hydrogen-bond donors (Lipinski definition) is 2. The molecule has 0 aliphatic carbocycles. The molecule has 0 saturated carbocycles. The SMILES string of the molecule is CCNC(=O)C1CN(c2ccc(C(F)(F)F)cc2S(=O)(=O)NC(C)c2cc(OC)c(OC)c(OC)c2)C1. The second-order valence-electron chi connectivity index (χ2n) is 8.48. The van der Waals surface area contributed by atoms with Crippen molar-refractivity contribution < 1.29 is 40.6 Å². The van der Waals surface area contributed by atoms with Crippen LogP contribution in [0.4, 0.5) is 18.9 Å². The van der Waals surface area contributed by atoms with Crippen LogP contribution < -0.4 is 29.1 Å². The van der Waals surface area contributed by atoms with Crippen LogP contribution in [0.15, 0.2) is 35.2 Å². The van der Waals surface area contributed by atoms with Crippen molar-refractivity contribution in [1.29, 1.82) is 0 Å². The maximum absolute atomic E-state index is 13.5. The van der Waals surface area contributed by atoms with E-state index in [4.69, 9.17) is 14.2 Å². The van der Waals surface area contributed by atoms with E-state index in [0.29, 0.717) is 35.4 Å². The van der Waals surface area contributed by atoms with Gasteiger partial charge in [-0.2, -0.15) is 13.2 Å². The quantitative estimate of drug-likeness (QED) is 0.472. The van der Waals surface area contributed by atoms with Crippen molar-refractivity contribution >= 4 is 21.6 Å². The number of rotatable bonds is 10. The van der Waals surface area contributed by atoms with E-state index in [0.717, 1.165) is 12.1 Å². The van der Waals surface area contributed by atoms with Crippen molar-refractivity contribution in [3.05, 3.63) is 41.5 Å². The number of benzene rings is 2. The van der Waals surface area contributed by atoms with Gasteiger partial charge in [0.05, 0.1) is 38.5 Å². The number of amides is 1. The van der Waals surface area contributed by atoms with E-state index in [-0.39, 0.29) is 30.6 Å². The summed E-state index contributed by atoms with van der Waals surface area (Å²) in [4.78, 5) is 13.1. The van der Waals surface area contributed by atoms with Gasteiger partial charge in [0.25, 0.3) is 0 Å². The van der Waals surface area contributed by atoms with Crippen LogP contribution in [0.2, 0.25) is 0 Å². The molecule has 1 atom stereocenters. The second-order valence-corrected chi connectivity index (χ2v) is 10.2. The Morgan fingerprint density at radius 3 is 2.16 bits per heavy atom. The summed E-state index contributed by atoms with van der Waals surface area (Å²) in [5.41, 5.74) is -0.581. The number of carbonyl (C=O) groups excluding carboxylic acids is 1. The monoisotopic (exact) mass is 545 g/mol. The van der Waals surface area contributed by atoms with Gasteiger partial charge in [-0.1, -0.05) is 0 Å². The molecule has 1 amide bonds. The average Bonchev–Trinajstić information content (AvgIpc) is 2.81. The second kappa shape index (κ2) is 11.1. The predicted octanol–water partition coefficient (Wildman–Crippen LogP) is 3.34. The lowest BCUT2D eigenvalue weighted by atomic mass is 9.98. The van der Waals surface area contributed by atoms with E-state index < -0.39 is 32.7 Å². The largest absolute Gasteiger partial charge is 0.493 e. The fraction of sp³-hybridized carbons (Fsp3) is 0.458. The minimum absolute atomic E-state index is 0.0816. The minimum atomic E-state index is -4.75. The molecular formula is C24H30F3N3O6S. The van der Waals surface area contributed by atoms with Crippen molar-refractivity contribution in [3.8, 4) is 17.2 Å². The first-order chi connectivity index (χ1) is 17.4. The number of methoxy groups -OCH3 is 3. The van der Waals surface area contributed by atoms with Crippen LogP contribution in [0, 0.1) is 5.92 Å². The predicted molar refractivity (Wildman–Crippen MR) is 131 cm³/mol. The van der Waals surface area contributed by atoms with Crippen LogP contribution in [-0.4, -0.2) is 55.3 Å². The lowest BCUT2D eigenvalue weighted by molar-refractivity contribution is -0.137. The Balaban J connectivity index is 1.97. The van der Waals surface area contributed by atoms with E-state index in [1.54, 1.807) is 30.9 Å². The first-order valence-corrected chi connectivity index (χ1v) is 12.9. The van der Waals surface area contributed by atoms with E-state index in [1.165, 1.54) is 21.3 Å². The molecule has 1 saturated heterocycles. The van der Waals surface area contributed by atoms with Gasteiger partial charge >= 0.3 is 6.18 Å². The van der Waals surface area contributed by atoms with Crippen molar-refractivity contribution in [1.82, 2.24) is 10.0 Å². The van der Waals surface area contributed by atoms with Crippen LogP contribution in [0.1, 0.15) is 31.0 Å². The Kier molecular flexibility index (Phi) is 8.48. The standard InChI is InChI=1S/C24H30F3N3O6S/c1-6-28-23(31)16-12-30(13-16)18-8-7-17(24(25,26)27)11-21(18)37(32,33)29-14(2)15-9-19(34-3)22(36-5)20(10-15)35-4/h7-11,14,16,29H,6,12-13H2,1-5H3,(H,28,31). The molecule has 1 unspecified atom stereocenters. The van der Waals surface area contributed by atoms with Gasteiger partial charge in [0.1, 0.15) is 4.90 Å². The maximum Gasteiger partial charge on any atom is 0.416 e. The molecule has 37 heavy (non-hydrogen) atoms. The Hall–Kier alpha value is -3.19. The van der Waals surface area contributed by atoms with E-state index in [9.17, 15) is 26.4 Å². The lowest BCUT2D eigenvalue weighted by Gasteiger charge is -2.41. The number of anilines is 1. The number of carbonyl (C=O) groups is 1. The van der Waals surface area contributed by atoms with Gasteiger partial charge in [0.15, 0.2) is 11.5 Å². The highest BCUT2D eigenvalue weighted by Crippen LogP contribution is 2.41. The van der Waals surface area contributed by atoms with Gasteiger partial charge in [-0.25, -0.2) is 13.1 Å². The van der Waals surface area contributed by atoms with E-state index >= 15 is 0 Å². The zero-order chi connectivity index (χ0) is 27.5. The third kappa shape index (κ3) is 6.04. The Bertz CT molecular complexity index is 1220. The van der Waals surface area contributed by atoms with Crippen LogP contribution >= 0.6 is 0 Å². The number of sulfonamides is 1. The molecule has 3 rings (SSSR count). The molecule has 204 valence electrons. The first-order valence-electron chi connectivity index (χ1n) is 11.4. The molecule has 0 aromatic heterocycles. The Morgan fingerprint density at radius 1 is 1.08 bits per heavy atom. The normalized spacial score (nSPS) is 15.1. The third-order valence-corrected chi connectivity index (χ3v) is 7.61. The molecule has 1 fully saturated rings. The summed E-state index contributed by atoms with van der Waals surface area (Å²) in [6, 6.07) is 4.79. The van der Waals surface area contributed by atoms with E-state index in [2.05, 4.69) is 10.0 Å². The molecule has 0 bridgehead atoms. The summed E-state index contributed by atoms with van der Waals surface area (Å²) < 4.78 is 85.7. The number of nitrogens with one attached hydrogen (secondary N) is 2. The molecule has 0 spiro atoms. The van der Waals surface area contributed by atoms with E-state index in [1.807, 2.05) is 0 Å². The van der Waals surface area contributed by atoms with Gasteiger partial charge in [0.2, 0.25) is 21.7 Å². The van der Waals surface area contributed by atoms with Gasteiger partial charge < -0.3 is 24.4 Å². The molecule has 2 aromatic carbocycles. The van der Waals surface area contributed by atoms with Gasteiger partial charge in [0, 0.05) is 25.7 Å². The molecule has 2 N–H and O–H groups in total. The highest BCUT2D eigenvalue weighted by molar-refractivity contribution is 7.89. The summed E-state index contributed by atoms with van der Waals surface area (Å²) in [6.07, 6.45) is -4.75. The van der Waals surface area contributed by atoms with Crippen LogP contribution in [0.5, 0.6) is 17.2 Å². The van der Waals surface area contributed by atoms with Gasteiger partial charge in [-0.15, -0.1) is 0 Å². The number of nitrogens with zero attached hydrogens (tertiary/aromatic N) is 1. The van der Waals surface area contributed by atoms with Crippen LogP contribution in [0.3, 0.4) is 0 Å². The molecular weight excluding hydrogens is 515 g/mol. The minimum Gasteiger partial charge on any atom is -0.493 e. The van der Waals surface area contributed by atoms with Crippen molar-refractivity contribution in [2.24, 2.45) is 5.92 Å². The van der Waals surface area contributed by atoms with Crippen molar-refractivity contribution in [2.75, 3.05) is 45.9 Å². The summed E-state index contributed by atoms with van der Waals surface area (Å²) in [5.74, 6) is 0.316. The van der Waals surface area contributed by atoms with Gasteiger partial charge in [-0.3, -0.25) is 4.79 Å². The first kappa shape index (κ1) is 28.4. The number of halogens is 3. The van der Waals surface area contributed by atoms with Crippen molar-refractivity contribution in [2.45, 2.75) is 31.0 Å². The highest BCUT2D eigenvalue weighted by atomic mass is 32.2. The van der Waals surface area contributed by atoms with Gasteiger partial charge in [-0.05, 0) is 49.7 Å². The fourth-order valence-corrected chi connectivity index (χ4v) is 5.53. The molecule has 1 aliphatic heterocycles. The maximum atomic E-state index is 13.5.